The van der Waals surface area contributed by atoms with Crippen LogP contribution >= 0.6 is 15.9 Å². The lowest BCUT2D eigenvalue weighted by molar-refractivity contribution is -0.137. The van der Waals surface area contributed by atoms with E-state index in [4.69, 9.17) is 5.11 Å². The monoisotopic (exact) mass is 447 g/mol. The summed E-state index contributed by atoms with van der Waals surface area (Å²) in [5.41, 5.74) is 0.0831. The topological polar surface area (TPSA) is 102 Å². The molecule has 0 aliphatic carbocycles. The Kier molecular flexibility index (Phi) is 4.37. The molecule has 1 atom stereocenters. The third-order valence-electron chi connectivity index (χ3n) is 4.87. The van der Waals surface area contributed by atoms with Crippen molar-refractivity contribution >= 4 is 44.7 Å². The number of hydrogen-bond acceptors (Lipinski definition) is 5. The van der Waals surface area contributed by atoms with Crippen molar-refractivity contribution in [2.45, 2.75) is 20.0 Å². The van der Waals surface area contributed by atoms with E-state index >= 15 is 0 Å². The predicted octanol–water partition coefficient (Wildman–Crippen LogP) is 1.53. The zero-order chi connectivity index (χ0) is 20.2. The van der Waals surface area contributed by atoms with Crippen LogP contribution in [0.4, 0.5) is 11.6 Å². The maximum absolute atomic E-state index is 13.0. The number of hydrogen-bond donors (Lipinski definition) is 1. The first-order chi connectivity index (χ1) is 13.3. The number of benzene rings is 1. The number of aliphatic carboxylic acids is 1. The molecule has 9 nitrogen and oxygen atoms in total. The number of fused-ring (bicyclic) bond motifs is 3. The summed E-state index contributed by atoms with van der Waals surface area (Å²) in [6, 6.07) is 7.76. The molecule has 0 fully saturated rings. The third-order valence-corrected chi connectivity index (χ3v) is 5.40. The third kappa shape index (κ3) is 2.84. The van der Waals surface area contributed by atoms with Crippen molar-refractivity contribution < 1.29 is 9.90 Å². The van der Waals surface area contributed by atoms with Crippen LogP contribution in [0.3, 0.4) is 0 Å². The van der Waals surface area contributed by atoms with Gasteiger partial charge < -0.3 is 14.6 Å². The summed E-state index contributed by atoms with van der Waals surface area (Å²) >= 11 is 3.43. The van der Waals surface area contributed by atoms with E-state index in [1.54, 1.807) is 4.57 Å². The first-order valence-corrected chi connectivity index (χ1v) is 9.52. The highest BCUT2D eigenvalue weighted by molar-refractivity contribution is 9.10. The SMILES string of the molecule is C[C@@H]1CN(c2ccc(Br)cc2)c2nc3c(c(=O)n(CC(=O)O)c(=O)n3C)n2C1. The van der Waals surface area contributed by atoms with Crippen LogP contribution in [0.2, 0.25) is 0 Å². The number of halogens is 1. The Morgan fingerprint density at radius 1 is 1.25 bits per heavy atom. The predicted molar refractivity (Wildman–Crippen MR) is 107 cm³/mol. The van der Waals surface area contributed by atoms with Crippen LogP contribution in [0.5, 0.6) is 0 Å². The van der Waals surface area contributed by atoms with Crippen LogP contribution < -0.4 is 16.1 Å². The van der Waals surface area contributed by atoms with Gasteiger partial charge in [-0.25, -0.2) is 9.36 Å². The second-order valence-corrected chi connectivity index (χ2v) is 7.93. The molecular weight excluding hydrogens is 430 g/mol. The molecule has 0 saturated heterocycles. The molecular formula is C18H18BrN5O4. The zero-order valence-electron chi connectivity index (χ0n) is 15.3. The number of carboxylic acid groups (broad SMARTS) is 1. The van der Waals surface area contributed by atoms with E-state index < -0.39 is 23.8 Å². The minimum atomic E-state index is -1.25. The van der Waals surface area contributed by atoms with Gasteiger partial charge in [-0.1, -0.05) is 22.9 Å². The minimum Gasteiger partial charge on any atom is -0.480 e. The Hall–Kier alpha value is -2.88. The van der Waals surface area contributed by atoms with Gasteiger partial charge in [-0.05, 0) is 30.2 Å². The Morgan fingerprint density at radius 3 is 2.57 bits per heavy atom. The number of aryl methyl sites for hydroxylation is 1. The molecule has 2 aromatic heterocycles. The lowest BCUT2D eigenvalue weighted by Gasteiger charge is -2.33. The highest BCUT2D eigenvalue weighted by Crippen LogP contribution is 2.33. The fourth-order valence-electron chi connectivity index (χ4n) is 3.62. The molecule has 3 heterocycles. The van der Waals surface area contributed by atoms with E-state index in [0.717, 1.165) is 14.7 Å². The van der Waals surface area contributed by atoms with Gasteiger partial charge in [0.05, 0.1) is 0 Å². The molecule has 1 aliphatic rings. The summed E-state index contributed by atoms with van der Waals surface area (Å²) in [4.78, 5) is 43.2. The van der Waals surface area contributed by atoms with Gasteiger partial charge in [-0.3, -0.25) is 14.2 Å². The van der Waals surface area contributed by atoms with Crippen molar-refractivity contribution in [3.8, 4) is 0 Å². The largest absolute Gasteiger partial charge is 0.480 e. The zero-order valence-corrected chi connectivity index (χ0v) is 16.9. The summed E-state index contributed by atoms with van der Waals surface area (Å²) in [6.07, 6.45) is 0. The van der Waals surface area contributed by atoms with Gasteiger partial charge in [0.15, 0.2) is 11.2 Å². The van der Waals surface area contributed by atoms with E-state index in [1.807, 2.05) is 29.2 Å². The van der Waals surface area contributed by atoms with Crippen LogP contribution in [-0.2, 0) is 24.9 Å². The standard InChI is InChI=1S/C18H18BrN5O4/c1-10-7-22(12-5-3-11(19)4-6-12)17-20-15-14(23(17)8-10)16(27)24(9-13(25)26)18(28)21(15)2/h3-6,10H,7-9H2,1-2H3,(H,25,26)/t10-/m1/s1. The molecule has 1 N–H and O–H groups in total. The van der Waals surface area contributed by atoms with E-state index in [0.29, 0.717) is 19.0 Å². The van der Waals surface area contributed by atoms with Crippen molar-refractivity contribution in [3.05, 3.63) is 49.6 Å². The molecule has 0 unspecified atom stereocenters. The van der Waals surface area contributed by atoms with E-state index in [9.17, 15) is 14.4 Å². The van der Waals surface area contributed by atoms with Crippen molar-refractivity contribution in [2.75, 3.05) is 11.4 Å². The molecule has 0 amide bonds. The fraction of sp³-hybridized carbons (Fsp3) is 0.333. The van der Waals surface area contributed by atoms with Crippen LogP contribution in [0.25, 0.3) is 11.2 Å². The Bertz CT molecular complexity index is 1210. The van der Waals surface area contributed by atoms with Gasteiger partial charge in [-0.2, -0.15) is 4.98 Å². The number of anilines is 2. The van der Waals surface area contributed by atoms with Crippen molar-refractivity contribution in [2.24, 2.45) is 13.0 Å². The molecule has 0 radical (unpaired) electrons. The summed E-state index contributed by atoms with van der Waals surface area (Å²) < 4.78 is 4.71. The van der Waals surface area contributed by atoms with Gasteiger partial charge in [0.25, 0.3) is 5.56 Å². The molecule has 3 aromatic rings. The molecule has 10 heteroatoms. The Balaban J connectivity index is 2.00. The van der Waals surface area contributed by atoms with Gasteiger partial charge in [0, 0.05) is 30.3 Å². The molecule has 28 heavy (non-hydrogen) atoms. The van der Waals surface area contributed by atoms with Crippen LogP contribution in [0, 0.1) is 5.92 Å². The van der Waals surface area contributed by atoms with Crippen LogP contribution in [-0.4, -0.2) is 36.3 Å². The second-order valence-electron chi connectivity index (χ2n) is 7.01. The number of nitrogens with zero attached hydrogens (tertiary/aromatic N) is 5. The van der Waals surface area contributed by atoms with Crippen molar-refractivity contribution in [1.82, 2.24) is 18.7 Å². The first-order valence-electron chi connectivity index (χ1n) is 8.73. The quantitative estimate of drug-likeness (QED) is 0.652. The summed E-state index contributed by atoms with van der Waals surface area (Å²) in [5, 5.41) is 9.08. The first kappa shape index (κ1) is 18.5. The fourth-order valence-corrected chi connectivity index (χ4v) is 3.88. The molecule has 1 aliphatic heterocycles. The lowest BCUT2D eigenvalue weighted by Crippen LogP contribution is -2.41. The molecule has 4 rings (SSSR count). The summed E-state index contributed by atoms with van der Waals surface area (Å²) in [5.74, 6) is -0.463. The Labute approximate surface area is 167 Å². The number of rotatable bonds is 3. The van der Waals surface area contributed by atoms with Gasteiger partial charge in [0.1, 0.15) is 6.54 Å². The highest BCUT2D eigenvalue weighted by atomic mass is 79.9. The normalized spacial score (nSPS) is 16.4. The average Bonchev–Trinajstić information content (AvgIpc) is 3.03. The molecule has 146 valence electrons. The smallest absolute Gasteiger partial charge is 0.333 e. The minimum absolute atomic E-state index is 0.220. The van der Waals surface area contributed by atoms with Gasteiger partial charge in [0.2, 0.25) is 5.95 Å². The molecule has 0 saturated carbocycles. The van der Waals surface area contributed by atoms with Gasteiger partial charge in [-0.15, -0.1) is 0 Å². The van der Waals surface area contributed by atoms with Crippen LogP contribution in [0.15, 0.2) is 38.3 Å². The summed E-state index contributed by atoms with van der Waals surface area (Å²) in [6.45, 7) is 2.65. The average molecular weight is 448 g/mol. The number of aromatic nitrogens is 4. The van der Waals surface area contributed by atoms with E-state index in [1.165, 1.54) is 11.6 Å². The Morgan fingerprint density at radius 2 is 1.93 bits per heavy atom. The van der Waals surface area contributed by atoms with Gasteiger partial charge >= 0.3 is 11.7 Å². The highest BCUT2D eigenvalue weighted by Gasteiger charge is 2.30. The molecule has 1 aromatic carbocycles. The number of carboxylic acids is 1. The second kappa shape index (κ2) is 6.62. The molecule has 0 spiro atoms. The van der Waals surface area contributed by atoms with Crippen LogP contribution in [0.1, 0.15) is 6.92 Å². The van der Waals surface area contributed by atoms with Crippen molar-refractivity contribution in [1.29, 1.82) is 0 Å². The maximum Gasteiger partial charge on any atom is 0.333 e. The maximum atomic E-state index is 13.0. The molecule has 0 bridgehead atoms. The van der Waals surface area contributed by atoms with Crippen molar-refractivity contribution in [3.63, 3.8) is 0 Å². The van der Waals surface area contributed by atoms with E-state index in [-0.39, 0.29) is 17.1 Å². The number of imidazole rings is 1. The lowest BCUT2D eigenvalue weighted by atomic mass is 10.1. The number of carbonyl (C=O) groups is 1. The van der Waals surface area contributed by atoms with E-state index in [2.05, 4.69) is 27.8 Å². The summed E-state index contributed by atoms with van der Waals surface area (Å²) in [7, 11) is 1.49.